The number of amides is 1. The third-order valence-corrected chi connectivity index (χ3v) is 8.85. The molecule has 5 heteroatoms. The highest BCUT2D eigenvalue weighted by molar-refractivity contribution is 5.80. The van der Waals surface area contributed by atoms with Gasteiger partial charge in [0, 0.05) is 25.2 Å². The molecule has 0 bridgehead atoms. The van der Waals surface area contributed by atoms with Gasteiger partial charge in [-0.1, -0.05) is 107 Å². The van der Waals surface area contributed by atoms with E-state index in [1.165, 1.54) is 19.3 Å². The van der Waals surface area contributed by atoms with Crippen molar-refractivity contribution in [2.24, 2.45) is 23.2 Å². The lowest BCUT2D eigenvalue weighted by atomic mass is 9.76. The van der Waals surface area contributed by atoms with E-state index in [-0.39, 0.29) is 23.0 Å². The summed E-state index contributed by atoms with van der Waals surface area (Å²) >= 11 is 0. The summed E-state index contributed by atoms with van der Waals surface area (Å²) in [6, 6.07) is 17.3. The van der Waals surface area contributed by atoms with Gasteiger partial charge >= 0.3 is 0 Å². The molecular weight excluding hydrogens is 498 g/mol. The highest BCUT2D eigenvalue weighted by Gasteiger charge is 2.36. The van der Waals surface area contributed by atoms with Gasteiger partial charge in [0.15, 0.2) is 0 Å². The van der Waals surface area contributed by atoms with Gasteiger partial charge in [-0.25, -0.2) is 0 Å². The lowest BCUT2D eigenvalue weighted by Crippen LogP contribution is -2.40. The van der Waals surface area contributed by atoms with E-state index in [9.17, 15) is 19.8 Å². The summed E-state index contributed by atoms with van der Waals surface area (Å²) in [4.78, 5) is 26.9. The second kappa shape index (κ2) is 13.9. The molecule has 5 nitrogen and oxygen atoms in total. The average Bonchev–Trinajstić information content (AvgIpc) is 3.22. The quantitative estimate of drug-likeness (QED) is 0.289. The summed E-state index contributed by atoms with van der Waals surface area (Å²) < 4.78 is 0. The van der Waals surface area contributed by atoms with Crippen molar-refractivity contribution in [2.75, 3.05) is 0 Å². The van der Waals surface area contributed by atoms with E-state index in [0.717, 1.165) is 36.0 Å². The second-order valence-electron chi connectivity index (χ2n) is 13.6. The molecule has 0 unspecified atom stereocenters. The molecule has 1 saturated carbocycles. The predicted molar refractivity (Wildman–Crippen MR) is 160 cm³/mol. The molecule has 0 radical (unpaired) electrons. The number of aliphatic hydroxyl groups is 2. The summed E-state index contributed by atoms with van der Waals surface area (Å²) in [5.74, 6) is -0.0451. The van der Waals surface area contributed by atoms with Crippen LogP contribution in [-0.4, -0.2) is 34.1 Å². The van der Waals surface area contributed by atoms with E-state index in [0.29, 0.717) is 38.0 Å². The van der Waals surface area contributed by atoms with Crippen LogP contribution < -0.4 is 5.32 Å². The fourth-order valence-electron chi connectivity index (χ4n) is 6.87. The Labute approximate surface area is 240 Å². The number of hydrogen-bond donors (Lipinski definition) is 3. The van der Waals surface area contributed by atoms with Crippen molar-refractivity contribution in [3.05, 3.63) is 71.3 Å². The first-order valence-electron chi connectivity index (χ1n) is 15.4. The Morgan fingerprint density at radius 1 is 0.975 bits per heavy atom. The summed E-state index contributed by atoms with van der Waals surface area (Å²) in [5.41, 5.74) is 2.97. The lowest BCUT2D eigenvalue weighted by Gasteiger charge is -2.32. The van der Waals surface area contributed by atoms with Crippen LogP contribution in [0.3, 0.4) is 0 Å². The van der Waals surface area contributed by atoms with Crippen molar-refractivity contribution >= 4 is 11.7 Å². The van der Waals surface area contributed by atoms with Crippen LogP contribution in [0.2, 0.25) is 0 Å². The normalized spacial score (nSPS) is 21.8. The fourth-order valence-corrected chi connectivity index (χ4v) is 6.87. The number of ketones is 1. The van der Waals surface area contributed by atoms with Gasteiger partial charge in [-0.05, 0) is 53.2 Å². The Morgan fingerprint density at radius 3 is 2.35 bits per heavy atom. The fraction of sp³-hybridized carbons (Fsp3) is 0.600. The molecule has 218 valence electrons. The maximum Gasteiger partial charge on any atom is 0.224 e. The number of aliphatic hydroxyl groups excluding tert-OH is 2. The smallest absolute Gasteiger partial charge is 0.224 e. The largest absolute Gasteiger partial charge is 0.393 e. The van der Waals surface area contributed by atoms with E-state index >= 15 is 0 Å². The lowest BCUT2D eigenvalue weighted by molar-refractivity contribution is -0.128. The predicted octanol–water partition coefficient (Wildman–Crippen LogP) is 6.35. The van der Waals surface area contributed by atoms with E-state index in [4.69, 9.17) is 0 Å². The molecule has 0 saturated heterocycles. The van der Waals surface area contributed by atoms with Gasteiger partial charge in [-0.2, -0.15) is 0 Å². The molecule has 2 aromatic rings. The Kier molecular flexibility index (Phi) is 10.6. The number of carbonyl (C=O) groups excluding carboxylic acids is 2. The van der Waals surface area contributed by atoms with Crippen LogP contribution in [0.25, 0.3) is 0 Å². The first-order chi connectivity index (χ1) is 19.1. The van der Waals surface area contributed by atoms with Crippen LogP contribution in [0.5, 0.6) is 0 Å². The standard InChI is InChI=1S/C35H49NO4/c1-35(2,3)23-29(37)20-27(18-24-12-6-4-7-13-24)31(38)22-28(19-25-14-8-5-9-15-25)34(40)36-33-30-17-11-10-16-26(30)21-32(33)39/h5,8-11,14-17,24,27-28,31-33,38-39H,4,6-7,12-13,18-23H2,1-3H3,(H,36,40)/t27-,28+,31+,32-,33+/m1/s1. The topological polar surface area (TPSA) is 86.6 Å². The number of benzene rings is 2. The highest BCUT2D eigenvalue weighted by atomic mass is 16.3. The highest BCUT2D eigenvalue weighted by Crippen LogP contribution is 2.35. The van der Waals surface area contributed by atoms with E-state index < -0.39 is 24.2 Å². The van der Waals surface area contributed by atoms with Gasteiger partial charge in [-0.15, -0.1) is 0 Å². The third kappa shape index (κ3) is 8.75. The molecule has 0 spiro atoms. The zero-order chi connectivity index (χ0) is 28.7. The zero-order valence-electron chi connectivity index (χ0n) is 24.6. The van der Waals surface area contributed by atoms with Gasteiger partial charge in [0.2, 0.25) is 5.91 Å². The molecule has 3 N–H and O–H groups in total. The Balaban J connectivity index is 1.51. The van der Waals surface area contributed by atoms with Gasteiger partial charge in [0.05, 0.1) is 18.2 Å². The maximum absolute atomic E-state index is 13.8. The molecule has 0 aliphatic heterocycles. The molecule has 2 aliphatic rings. The number of carbonyl (C=O) groups is 2. The van der Waals surface area contributed by atoms with Crippen LogP contribution >= 0.6 is 0 Å². The number of fused-ring (bicyclic) bond motifs is 1. The first kappa shape index (κ1) is 30.5. The van der Waals surface area contributed by atoms with Crippen LogP contribution in [0.15, 0.2) is 54.6 Å². The summed E-state index contributed by atoms with van der Waals surface area (Å²) in [6.45, 7) is 6.23. The van der Waals surface area contributed by atoms with Crippen LogP contribution in [0, 0.1) is 23.2 Å². The number of hydrogen-bond acceptors (Lipinski definition) is 4. The van der Waals surface area contributed by atoms with Crippen molar-refractivity contribution in [2.45, 2.75) is 110 Å². The number of rotatable bonds is 12. The third-order valence-electron chi connectivity index (χ3n) is 8.85. The molecule has 2 aromatic carbocycles. The Morgan fingerprint density at radius 2 is 1.65 bits per heavy atom. The number of Topliss-reactive ketones (excluding diaryl/α,β-unsaturated/α-hetero) is 1. The Hall–Kier alpha value is -2.50. The Bertz CT molecular complexity index is 1100. The molecular formula is C35H49NO4. The monoisotopic (exact) mass is 547 g/mol. The van der Waals surface area contributed by atoms with Gasteiger partial charge in [0.1, 0.15) is 5.78 Å². The number of nitrogens with one attached hydrogen (secondary N) is 1. The maximum atomic E-state index is 13.8. The van der Waals surface area contributed by atoms with Crippen LogP contribution in [0.4, 0.5) is 0 Å². The summed E-state index contributed by atoms with van der Waals surface area (Å²) in [5, 5.41) is 25.6. The molecule has 1 fully saturated rings. The minimum absolute atomic E-state index is 0.0917. The molecule has 1 amide bonds. The molecule has 40 heavy (non-hydrogen) atoms. The van der Waals surface area contributed by atoms with E-state index in [2.05, 4.69) is 26.1 Å². The first-order valence-corrected chi connectivity index (χ1v) is 15.4. The molecule has 5 atom stereocenters. The van der Waals surface area contributed by atoms with Crippen molar-refractivity contribution in [1.82, 2.24) is 5.32 Å². The molecule has 0 aromatic heterocycles. The van der Waals surface area contributed by atoms with Gasteiger partial charge < -0.3 is 15.5 Å². The van der Waals surface area contributed by atoms with E-state index in [1.54, 1.807) is 0 Å². The van der Waals surface area contributed by atoms with Crippen molar-refractivity contribution in [1.29, 1.82) is 0 Å². The molecule has 0 heterocycles. The van der Waals surface area contributed by atoms with Gasteiger partial charge in [-0.3, -0.25) is 9.59 Å². The SMILES string of the molecule is CC(C)(C)CC(=O)C[C@@H](CC1CCCCC1)[C@@H](O)C[C@H](Cc1ccccc1)C(=O)N[C@H]1c2ccccc2C[C@H]1O. The van der Waals surface area contributed by atoms with Crippen LogP contribution in [-0.2, 0) is 22.4 Å². The van der Waals surface area contributed by atoms with Crippen molar-refractivity contribution in [3.8, 4) is 0 Å². The molecule has 4 rings (SSSR count). The minimum Gasteiger partial charge on any atom is -0.393 e. The van der Waals surface area contributed by atoms with Crippen molar-refractivity contribution in [3.63, 3.8) is 0 Å². The summed E-state index contributed by atoms with van der Waals surface area (Å²) in [6.07, 6.45) is 7.61. The summed E-state index contributed by atoms with van der Waals surface area (Å²) in [7, 11) is 0. The molecule has 2 aliphatic carbocycles. The van der Waals surface area contributed by atoms with Gasteiger partial charge in [0.25, 0.3) is 0 Å². The minimum atomic E-state index is -0.744. The van der Waals surface area contributed by atoms with Crippen LogP contribution in [0.1, 0.15) is 101 Å². The van der Waals surface area contributed by atoms with Crippen molar-refractivity contribution < 1.29 is 19.8 Å². The average molecular weight is 548 g/mol. The zero-order valence-corrected chi connectivity index (χ0v) is 24.6. The van der Waals surface area contributed by atoms with E-state index in [1.807, 2.05) is 54.6 Å². The second-order valence-corrected chi connectivity index (χ2v) is 13.6.